The number of aryl methyl sites for hydroxylation is 1. The Morgan fingerprint density at radius 3 is 2.60 bits per heavy atom. The number of hydrogen-bond donors (Lipinski definition) is 4. The molecule has 11 nitrogen and oxygen atoms in total. The van der Waals surface area contributed by atoms with Crippen molar-refractivity contribution in [1.29, 1.82) is 0 Å². The molecular formula is C32H33N7O4. The first-order chi connectivity index (χ1) is 20.8. The van der Waals surface area contributed by atoms with E-state index in [0.29, 0.717) is 40.2 Å². The molecule has 5 aromatic rings. The molecule has 0 aliphatic carbocycles. The fourth-order valence-corrected chi connectivity index (χ4v) is 6.32. The molecular weight excluding hydrogens is 546 g/mol. The Kier molecular flexibility index (Phi) is 6.63. The number of nitrogens with one attached hydrogen (secondary N) is 3. The number of nitrogens with zero attached hydrogens (tertiary/aromatic N) is 4. The smallest absolute Gasteiger partial charge is 0.261 e. The molecule has 0 saturated carbocycles. The fourth-order valence-electron chi connectivity index (χ4n) is 6.32. The number of aromatic amines is 2. The van der Waals surface area contributed by atoms with Crippen molar-refractivity contribution >= 4 is 39.4 Å². The average Bonchev–Trinajstić information content (AvgIpc) is 3.65. The molecule has 5 heterocycles. The van der Waals surface area contributed by atoms with Gasteiger partial charge in [0, 0.05) is 30.5 Å². The number of amides is 2. The van der Waals surface area contributed by atoms with Crippen LogP contribution in [0.15, 0.2) is 59.7 Å². The maximum atomic E-state index is 13.3. The number of anilines is 1. The zero-order chi connectivity index (χ0) is 29.8. The van der Waals surface area contributed by atoms with E-state index in [1.807, 2.05) is 42.9 Å². The van der Waals surface area contributed by atoms with Gasteiger partial charge in [-0.05, 0) is 81.7 Å². The molecule has 220 valence electrons. The third kappa shape index (κ3) is 4.80. The van der Waals surface area contributed by atoms with Crippen LogP contribution in [-0.4, -0.2) is 85.1 Å². The number of imidazole rings is 1. The second kappa shape index (κ2) is 10.5. The fraction of sp³-hybridized carbons (Fsp3) is 0.312. The Balaban J connectivity index is 1.12. The molecule has 2 aromatic carbocycles. The first-order valence-corrected chi connectivity index (χ1v) is 14.6. The van der Waals surface area contributed by atoms with Crippen LogP contribution in [0.4, 0.5) is 5.69 Å². The van der Waals surface area contributed by atoms with Crippen LogP contribution in [-0.2, 0) is 6.54 Å². The Hall–Kier alpha value is -4.74. The van der Waals surface area contributed by atoms with Crippen LogP contribution in [0.3, 0.4) is 0 Å². The summed E-state index contributed by atoms with van der Waals surface area (Å²) >= 11 is 0. The SMILES string of the molecule is Cc1ccc2c(ccn2CC(O)CNc2cc[nH]c(=O)c2-c2nc3cc4c(cc3[nH]2)C(=O)N(C2CCN(C)CC2)C4=O)c1. The Morgan fingerprint density at radius 2 is 1.81 bits per heavy atom. The highest BCUT2D eigenvalue weighted by Crippen LogP contribution is 2.32. The number of benzene rings is 2. The zero-order valence-electron chi connectivity index (χ0n) is 24.1. The number of aliphatic hydroxyl groups excluding tert-OH is 1. The van der Waals surface area contributed by atoms with E-state index in [1.54, 1.807) is 18.2 Å². The summed E-state index contributed by atoms with van der Waals surface area (Å²) in [5.41, 5.74) is 4.38. The van der Waals surface area contributed by atoms with E-state index in [4.69, 9.17) is 0 Å². The molecule has 0 radical (unpaired) electrons. The Labute approximate surface area is 247 Å². The molecule has 11 heteroatoms. The number of hydrogen-bond acceptors (Lipinski definition) is 7. The molecule has 2 aliphatic rings. The van der Waals surface area contributed by atoms with E-state index < -0.39 is 6.10 Å². The van der Waals surface area contributed by atoms with Gasteiger partial charge >= 0.3 is 0 Å². The van der Waals surface area contributed by atoms with E-state index in [9.17, 15) is 19.5 Å². The zero-order valence-corrected chi connectivity index (χ0v) is 24.1. The van der Waals surface area contributed by atoms with Gasteiger partial charge in [0.15, 0.2) is 0 Å². The number of piperidine rings is 1. The maximum Gasteiger partial charge on any atom is 0.261 e. The van der Waals surface area contributed by atoms with Gasteiger partial charge in [-0.2, -0.15) is 0 Å². The Bertz CT molecular complexity index is 1890. The number of likely N-dealkylation sites (tertiary alicyclic amines) is 1. The lowest BCUT2D eigenvalue weighted by atomic mass is 10.0. The van der Waals surface area contributed by atoms with Crippen molar-refractivity contribution in [2.75, 3.05) is 32.0 Å². The van der Waals surface area contributed by atoms with Crippen LogP contribution >= 0.6 is 0 Å². The van der Waals surface area contributed by atoms with Crippen LogP contribution in [0, 0.1) is 6.92 Å². The van der Waals surface area contributed by atoms with Gasteiger partial charge < -0.3 is 29.9 Å². The normalized spacial score (nSPS) is 16.9. The minimum absolute atomic E-state index is 0.113. The molecule has 1 saturated heterocycles. The molecule has 4 N–H and O–H groups in total. The second-order valence-corrected chi connectivity index (χ2v) is 11.7. The van der Waals surface area contributed by atoms with Crippen LogP contribution in [0.5, 0.6) is 0 Å². The van der Waals surface area contributed by atoms with Crippen LogP contribution < -0.4 is 10.9 Å². The molecule has 43 heavy (non-hydrogen) atoms. The maximum absolute atomic E-state index is 13.3. The number of pyridine rings is 1. The third-order valence-electron chi connectivity index (χ3n) is 8.63. The lowest BCUT2D eigenvalue weighted by Crippen LogP contribution is -2.46. The number of imide groups is 1. The summed E-state index contributed by atoms with van der Waals surface area (Å²) in [7, 11) is 2.04. The predicted molar refractivity (Wildman–Crippen MR) is 164 cm³/mol. The molecule has 3 aromatic heterocycles. The van der Waals surface area contributed by atoms with Gasteiger partial charge in [-0.25, -0.2) is 4.98 Å². The topological polar surface area (TPSA) is 139 Å². The van der Waals surface area contributed by atoms with Gasteiger partial charge in [-0.3, -0.25) is 19.3 Å². The lowest BCUT2D eigenvalue weighted by molar-refractivity contribution is 0.0516. The second-order valence-electron chi connectivity index (χ2n) is 11.7. The quantitative estimate of drug-likeness (QED) is 0.217. The van der Waals surface area contributed by atoms with Gasteiger partial charge in [0.2, 0.25) is 0 Å². The summed E-state index contributed by atoms with van der Waals surface area (Å²) in [4.78, 5) is 53.8. The summed E-state index contributed by atoms with van der Waals surface area (Å²) in [6.45, 7) is 4.31. The number of aromatic nitrogens is 4. The van der Waals surface area contributed by atoms with E-state index in [-0.39, 0.29) is 35.5 Å². The van der Waals surface area contributed by atoms with Gasteiger partial charge in [-0.15, -0.1) is 0 Å². The van der Waals surface area contributed by atoms with Crippen molar-refractivity contribution in [3.8, 4) is 11.4 Å². The summed E-state index contributed by atoms with van der Waals surface area (Å²) < 4.78 is 2.01. The number of aliphatic hydroxyl groups is 1. The van der Waals surface area contributed by atoms with E-state index in [1.165, 1.54) is 16.7 Å². The minimum Gasteiger partial charge on any atom is -0.389 e. The molecule has 1 unspecified atom stereocenters. The number of rotatable bonds is 7. The summed E-state index contributed by atoms with van der Waals surface area (Å²) in [5.74, 6) is -0.274. The van der Waals surface area contributed by atoms with E-state index in [0.717, 1.165) is 36.8 Å². The van der Waals surface area contributed by atoms with Crippen molar-refractivity contribution in [3.63, 3.8) is 0 Å². The number of carbonyl (C=O) groups is 2. The van der Waals surface area contributed by atoms with Crippen molar-refractivity contribution < 1.29 is 14.7 Å². The third-order valence-corrected chi connectivity index (χ3v) is 8.63. The summed E-state index contributed by atoms with van der Waals surface area (Å²) in [5, 5.41) is 15.2. The number of fused-ring (bicyclic) bond motifs is 3. The molecule has 1 fully saturated rings. The number of H-pyrrole nitrogens is 2. The minimum atomic E-state index is -0.729. The lowest BCUT2D eigenvalue weighted by Gasteiger charge is -2.33. The van der Waals surface area contributed by atoms with Gasteiger partial charge in [0.05, 0.1) is 40.5 Å². The van der Waals surface area contributed by atoms with Crippen LogP contribution in [0.25, 0.3) is 33.3 Å². The first-order valence-electron chi connectivity index (χ1n) is 14.6. The summed E-state index contributed by atoms with van der Waals surface area (Å²) in [6, 6.07) is 13.1. The monoisotopic (exact) mass is 579 g/mol. The standard InChI is InChI=1S/C32H33N7O4/c1-18-3-4-27-19(13-18)6-12-38(27)17-21(40)16-34-24-5-9-33-30(41)28(24)29-35-25-14-22-23(15-26(25)36-29)32(43)39(31(22)42)20-7-10-37(2)11-8-20/h3-6,9,12-15,20-21,40H,7-8,10-11,16-17H2,1-2H3,(H,35,36)(H2,33,34,41). The van der Waals surface area contributed by atoms with Crippen LogP contribution in [0.2, 0.25) is 0 Å². The molecule has 2 amide bonds. The van der Waals surface area contributed by atoms with Gasteiger partial charge in [0.25, 0.3) is 17.4 Å². The molecule has 0 spiro atoms. The Morgan fingerprint density at radius 1 is 1.05 bits per heavy atom. The number of carbonyl (C=O) groups excluding carboxylic acids is 2. The summed E-state index contributed by atoms with van der Waals surface area (Å²) in [6.07, 6.45) is 4.28. The molecule has 1 atom stereocenters. The van der Waals surface area contributed by atoms with Gasteiger partial charge in [-0.1, -0.05) is 11.6 Å². The van der Waals surface area contributed by atoms with Crippen molar-refractivity contribution in [2.24, 2.45) is 0 Å². The predicted octanol–water partition coefficient (Wildman–Crippen LogP) is 3.34. The highest BCUT2D eigenvalue weighted by molar-refractivity contribution is 6.23. The highest BCUT2D eigenvalue weighted by Gasteiger charge is 2.41. The largest absolute Gasteiger partial charge is 0.389 e. The van der Waals surface area contributed by atoms with Crippen molar-refractivity contribution in [2.45, 2.75) is 38.5 Å². The van der Waals surface area contributed by atoms with E-state index >= 15 is 0 Å². The van der Waals surface area contributed by atoms with Crippen molar-refractivity contribution in [1.82, 2.24) is 29.3 Å². The molecule has 7 rings (SSSR count). The highest BCUT2D eigenvalue weighted by atomic mass is 16.3. The first kappa shape index (κ1) is 27.1. The van der Waals surface area contributed by atoms with Crippen molar-refractivity contribution in [3.05, 3.63) is 81.9 Å². The molecule has 0 bridgehead atoms. The van der Waals surface area contributed by atoms with Gasteiger partial charge in [0.1, 0.15) is 11.4 Å². The average molecular weight is 580 g/mol. The molecule has 2 aliphatic heterocycles. The van der Waals surface area contributed by atoms with E-state index in [2.05, 4.69) is 31.2 Å². The van der Waals surface area contributed by atoms with Crippen LogP contribution in [0.1, 0.15) is 39.1 Å².